The number of benzene rings is 4. The molecule has 0 aliphatic heterocycles. The van der Waals surface area contributed by atoms with Crippen LogP contribution < -0.4 is 0 Å². The number of hydrogen-bond donors (Lipinski definition) is 0. The Morgan fingerprint density at radius 1 is 0.474 bits per heavy atom. The van der Waals surface area contributed by atoms with Gasteiger partial charge in [-0.25, -0.2) is 0 Å². The first-order valence-corrected chi connectivity index (χ1v) is 22.5. The van der Waals surface area contributed by atoms with E-state index in [1.54, 1.807) is 0 Å². The van der Waals surface area contributed by atoms with E-state index in [-0.39, 0.29) is 11.1 Å². The van der Waals surface area contributed by atoms with E-state index < -0.39 is 13.4 Å². The molecule has 2 fully saturated rings. The molecule has 2 saturated carbocycles. The second kappa shape index (κ2) is 9.82. The van der Waals surface area contributed by atoms with E-state index in [1.165, 1.54) is 69.5 Å². The van der Waals surface area contributed by atoms with Crippen LogP contribution in [0.15, 0.2) is 72.8 Å². The molecule has 0 heterocycles. The molecule has 0 amide bonds. The van der Waals surface area contributed by atoms with Crippen LogP contribution in [0.5, 0.6) is 0 Å². The van der Waals surface area contributed by atoms with Crippen LogP contribution in [-0.4, -0.2) is 13.4 Å². The molecule has 0 saturated heterocycles. The molecule has 6 heteroatoms. The summed E-state index contributed by atoms with van der Waals surface area (Å²) in [6, 6.07) is 26.7. The molecule has 3 aliphatic rings. The molecule has 0 aromatic heterocycles. The molecular weight excluding hydrogens is 582 g/mol. The smallest absolute Gasteiger partial charge is 0.145 e. The van der Waals surface area contributed by atoms with Gasteiger partial charge in [-0.3, -0.25) is 0 Å². The van der Waals surface area contributed by atoms with Crippen LogP contribution in [0.25, 0.3) is 21.5 Å². The largest absolute Gasteiger partial charge is 0.265 e. The van der Waals surface area contributed by atoms with E-state index >= 15 is 0 Å². The molecule has 7 rings (SSSR count). The summed E-state index contributed by atoms with van der Waals surface area (Å²) < 4.78 is 0. The lowest BCUT2D eigenvalue weighted by molar-refractivity contribution is 0.810. The molecule has 0 radical (unpaired) electrons. The van der Waals surface area contributed by atoms with Gasteiger partial charge < -0.3 is 0 Å². The van der Waals surface area contributed by atoms with Crippen LogP contribution in [0, 0.1) is 0 Å². The van der Waals surface area contributed by atoms with Gasteiger partial charge in [0.1, 0.15) is 0 Å². The molecule has 0 spiro atoms. The summed E-state index contributed by atoms with van der Waals surface area (Å²) in [5.41, 5.74) is 5.98. The molecule has 3 aliphatic carbocycles. The first kappa shape index (κ1) is 25.9. The topological polar surface area (TPSA) is 0 Å². The third kappa shape index (κ3) is 3.96. The van der Waals surface area contributed by atoms with E-state index in [0.717, 1.165) is 25.7 Å². The van der Waals surface area contributed by atoms with Gasteiger partial charge in [-0.05, 0) is 54.9 Å². The van der Waals surface area contributed by atoms with Crippen LogP contribution in [0.2, 0.25) is 11.1 Å². The van der Waals surface area contributed by atoms with E-state index in [0.29, 0.717) is 11.1 Å². The van der Waals surface area contributed by atoms with Gasteiger partial charge in [-0.15, -0.1) is 44.3 Å². The minimum Gasteiger partial charge on any atom is -0.145 e. The van der Waals surface area contributed by atoms with Crippen LogP contribution in [0.3, 0.4) is 0 Å². The van der Waals surface area contributed by atoms with Crippen molar-refractivity contribution in [2.45, 2.75) is 73.5 Å². The van der Waals surface area contributed by atoms with Crippen molar-refractivity contribution in [2.75, 3.05) is 0 Å². The molecule has 4 aromatic rings. The number of hydrogen-bond acceptors (Lipinski definition) is 0. The summed E-state index contributed by atoms with van der Waals surface area (Å²) >= 11 is 31.1. The van der Waals surface area contributed by atoms with Crippen molar-refractivity contribution >= 4 is 79.2 Å². The van der Waals surface area contributed by atoms with Gasteiger partial charge >= 0.3 is 0 Å². The highest BCUT2D eigenvalue weighted by Crippen LogP contribution is 2.62. The fourth-order valence-corrected chi connectivity index (χ4v) is 19.4. The average Bonchev–Trinajstić information content (AvgIpc) is 3.67. The van der Waals surface area contributed by atoms with Gasteiger partial charge in [0.15, 0.2) is 0 Å². The maximum atomic E-state index is 7.77. The van der Waals surface area contributed by atoms with Crippen molar-refractivity contribution in [3.8, 4) is 0 Å². The van der Waals surface area contributed by atoms with E-state index in [9.17, 15) is 0 Å². The third-order valence-electron chi connectivity index (χ3n) is 9.78. The van der Waals surface area contributed by atoms with Crippen molar-refractivity contribution in [2.24, 2.45) is 0 Å². The van der Waals surface area contributed by atoms with Gasteiger partial charge in [0, 0.05) is 11.1 Å². The van der Waals surface area contributed by atoms with E-state index in [1.807, 2.05) is 0 Å². The zero-order valence-electron chi connectivity index (χ0n) is 21.4. The average molecular weight is 615 g/mol. The predicted molar refractivity (Wildman–Crippen MR) is 171 cm³/mol. The van der Waals surface area contributed by atoms with Gasteiger partial charge in [-0.1, -0.05) is 124 Å². The van der Waals surface area contributed by atoms with Crippen molar-refractivity contribution in [3.05, 3.63) is 95.1 Å². The van der Waals surface area contributed by atoms with E-state index in [2.05, 4.69) is 72.8 Å². The summed E-state index contributed by atoms with van der Waals surface area (Å²) in [5.74, 6) is 0. The third-order valence-corrected chi connectivity index (χ3v) is 22.2. The Labute approximate surface area is 246 Å². The standard InChI is InChI=1S/C32H32Cl4Si2/c33-37(34,23-11-3-4-12-23)31-28-20-18-22-10-2-8-16-26(22)30(28)32(38(35,36)24-13-5-6-14-24)27-19-17-21-9-1-7-15-25(21)29(27)31/h1-2,7-10,15-20,23-24,31-32H,3-6,11-14H2. The minimum atomic E-state index is -2.82. The van der Waals surface area contributed by atoms with Gasteiger partial charge in [0.2, 0.25) is 0 Å². The van der Waals surface area contributed by atoms with Crippen LogP contribution >= 0.6 is 44.3 Å². The molecule has 2 atom stereocenters. The molecule has 38 heavy (non-hydrogen) atoms. The Kier molecular flexibility index (Phi) is 6.70. The molecule has 0 N–H and O–H groups in total. The molecule has 2 unspecified atom stereocenters. The number of rotatable bonds is 4. The van der Waals surface area contributed by atoms with Crippen LogP contribution in [-0.2, 0) is 0 Å². The number of halogens is 4. The highest BCUT2D eigenvalue weighted by atomic mass is 35.7. The second-order valence-corrected chi connectivity index (χ2v) is 25.9. The first-order chi connectivity index (χ1) is 18.4. The Hall–Kier alpha value is -1.01. The molecule has 4 aromatic carbocycles. The molecular formula is C32H32Cl4Si2. The van der Waals surface area contributed by atoms with Crippen molar-refractivity contribution in [1.82, 2.24) is 0 Å². The Balaban J connectivity index is 1.59. The van der Waals surface area contributed by atoms with E-state index in [4.69, 9.17) is 44.3 Å². The minimum absolute atomic E-state index is 0.00685. The monoisotopic (exact) mass is 612 g/mol. The lowest BCUT2D eigenvalue weighted by Crippen LogP contribution is -2.44. The zero-order valence-corrected chi connectivity index (χ0v) is 26.4. The SMILES string of the molecule is Cl[Si](Cl)(C1CCCC1)C1c2ccc3ccccc3c2C([Si](Cl)(Cl)C2CCCC2)c2ccc3ccccc3c21. The maximum absolute atomic E-state index is 7.77. The Bertz CT molecular complexity index is 1400. The lowest BCUT2D eigenvalue weighted by atomic mass is 9.80. The fourth-order valence-electron chi connectivity index (χ4n) is 7.98. The maximum Gasteiger partial charge on any atom is 0.265 e. The Morgan fingerprint density at radius 2 is 0.842 bits per heavy atom. The van der Waals surface area contributed by atoms with Gasteiger partial charge in [0.25, 0.3) is 13.4 Å². The first-order valence-electron chi connectivity index (χ1n) is 14.2. The highest BCUT2D eigenvalue weighted by molar-refractivity contribution is 7.47. The predicted octanol–water partition coefficient (Wildman–Crippen LogP) is 11.4. The normalized spacial score (nSPS) is 22.7. The van der Waals surface area contributed by atoms with Crippen LogP contribution in [0.4, 0.5) is 0 Å². The molecule has 196 valence electrons. The summed E-state index contributed by atoms with van der Waals surface area (Å²) in [6.45, 7) is -5.65. The molecule has 0 nitrogen and oxygen atoms in total. The second-order valence-electron chi connectivity index (χ2n) is 11.8. The van der Waals surface area contributed by atoms with Gasteiger partial charge in [0.05, 0.1) is 0 Å². The van der Waals surface area contributed by atoms with Crippen molar-refractivity contribution < 1.29 is 0 Å². The summed E-state index contributed by atoms with van der Waals surface area (Å²) in [4.78, 5) is 0. The summed E-state index contributed by atoms with van der Waals surface area (Å²) in [6.07, 6.45) is 9.43. The fraction of sp³-hybridized carbons (Fsp3) is 0.375. The Morgan fingerprint density at radius 3 is 1.24 bits per heavy atom. The zero-order chi connectivity index (χ0) is 26.1. The van der Waals surface area contributed by atoms with Crippen molar-refractivity contribution in [3.63, 3.8) is 0 Å². The quantitative estimate of drug-likeness (QED) is 0.159. The molecule has 0 bridgehead atoms. The summed E-state index contributed by atoms with van der Waals surface area (Å²) in [5, 5.41) is 5.00. The van der Waals surface area contributed by atoms with Gasteiger partial charge in [-0.2, -0.15) is 0 Å². The van der Waals surface area contributed by atoms with Crippen LogP contribution in [0.1, 0.15) is 84.7 Å². The van der Waals surface area contributed by atoms with Crippen molar-refractivity contribution in [1.29, 1.82) is 0 Å². The lowest BCUT2D eigenvalue weighted by Gasteiger charge is -2.45. The number of fused-ring (bicyclic) bond motifs is 6. The summed E-state index contributed by atoms with van der Waals surface area (Å²) in [7, 11) is 0. The highest BCUT2D eigenvalue weighted by Gasteiger charge is 2.57.